The Morgan fingerprint density at radius 3 is 2.62 bits per heavy atom. The number of aryl methyl sites for hydroxylation is 2. The Hall–Kier alpha value is -1.35. The number of likely N-dealkylation sites (tertiary alicyclic amines) is 1. The van der Waals surface area contributed by atoms with Crippen molar-refractivity contribution in [3.63, 3.8) is 0 Å². The molecule has 0 amide bonds. The molecule has 1 heterocycles. The van der Waals surface area contributed by atoms with Gasteiger partial charge in [0.1, 0.15) is 11.5 Å². The van der Waals surface area contributed by atoms with Gasteiger partial charge >= 0.3 is 0 Å². The van der Waals surface area contributed by atoms with E-state index in [1.54, 1.807) is 6.92 Å². The van der Waals surface area contributed by atoms with Crippen molar-refractivity contribution >= 4 is 5.78 Å². The van der Waals surface area contributed by atoms with Crippen LogP contribution >= 0.6 is 0 Å². The maximum Gasteiger partial charge on any atom is 0.132 e. The number of hydrogen-bond donors (Lipinski definition) is 0. The minimum absolute atomic E-state index is 0.242. The van der Waals surface area contributed by atoms with Gasteiger partial charge in [-0.25, -0.2) is 0 Å². The fourth-order valence-electron chi connectivity index (χ4n) is 4.04. The second-order valence-electron chi connectivity index (χ2n) is 7.42. The Morgan fingerprint density at radius 1 is 1.12 bits per heavy atom. The third-order valence-electron chi connectivity index (χ3n) is 5.61. The summed E-state index contributed by atoms with van der Waals surface area (Å²) in [7, 11) is 0. The van der Waals surface area contributed by atoms with Gasteiger partial charge in [-0.15, -0.1) is 0 Å². The first-order valence-corrected chi connectivity index (χ1v) is 9.70. The van der Waals surface area contributed by atoms with E-state index in [9.17, 15) is 4.79 Å². The molecule has 3 nitrogen and oxygen atoms in total. The van der Waals surface area contributed by atoms with Gasteiger partial charge in [-0.1, -0.05) is 12.5 Å². The van der Waals surface area contributed by atoms with Crippen molar-refractivity contribution in [3.05, 3.63) is 29.3 Å². The lowest BCUT2D eigenvalue weighted by atomic mass is 9.96. The molecule has 1 saturated heterocycles. The fourth-order valence-corrected chi connectivity index (χ4v) is 4.04. The number of piperidine rings is 1. The minimum Gasteiger partial charge on any atom is -0.494 e. The van der Waals surface area contributed by atoms with Gasteiger partial charge in [0.15, 0.2) is 0 Å². The number of benzene rings is 1. The summed E-state index contributed by atoms with van der Waals surface area (Å²) in [5, 5.41) is 0. The van der Waals surface area contributed by atoms with Crippen LogP contribution in [0.25, 0.3) is 0 Å². The normalized spacial score (nSPS) is 21.8. The molecule has 0 radical (unpaired) electrons. The number of carbonyl (C=O) groups excluding carboxylic acids is 1. The molecule has 3 heteroatoms. The molecule has 132 valence electrons. The van der Waals surface area contributed by atoms with Gasteiger partial charge in [0.25, 0.3) is 0 Å². The first-order chi connectivity index (χ1) is 11.7. The second kappa shape index (κ2) is 8.66. The molecule has 1 fully saturated rings. The van der Waals surface area contributed by atoms with E-state index in [0.29, 0.717) is 5.78 Å². The number of ether oxygens (including phenoxy) is 1. The molecule has 0 aromatic heterocycles. The lowest BCUT2D eigenvalue weighted by molar-refractivity contribution is -0.121. The van der Waals surface area contributed by atoms with E-state index in [1.807, 2.05) is 0 Å². The number of ketones is 1. The summed E-state index contributed by atoms with van der Waals surface area (Å²) in [6.07, 6.45) is 9.22. The zero-order valence-corrected chi connectivity index (χ0v) is 15.1. The molecule has 1 atom stereocenters. The molecule has 1 aromatic rings. The van der Waals surface area contributed by atoms with Crippen molar-refractivity contribution in [2.75, 3.05) is 26.2 Å². The highest BCUT2D eigenvalue weighted by Crippen LogP contribution is 2.28. The van der Waals surface area contributed by atoms with Gasteiger partial charge in [-0.05, 0) is 88.2 Å². The SMILES string of the molecule is CC(=O)C1CCc2ccc(OCCCN3CCCCC3)cc2CC1. The molecule has 2 aliphatic rings. The van der Waals surface area contributed by atoms with Crippen LogP contribution in [0.4, 0.5) is 0 Å². The van der Waals surface area contributed by atoms with Crippen molar-refractivity contribution in [2.45, 2.75) is 58.3 Å². The Balaban J connectivity index is 1.46. The van der Waals surface area contributed by atoms with Crippen LogP contribution in [0, 0.1) is 5.92 Å². The first kappa shape index (κ1) is 17.5. The Kier molecular flexibility index (Phi) is 6.30. The molecular formula is C21H31NO2. The van der Waals surface area contributed by atoms with Crippen molar-refractivity contribution in [2.24, 2.45) is 5.92 Å². The molecule has 3 rings (SSSR count). The van der Waals surface area contributed by atoms with Crippen molar-refractivity contribution in [3.8, 4) is 5.75 Å². The van der Waals surface area contributed by atoms with E-state index in [2.05, 4.69) is 23.1 Å². The molecule has 0 spiro atoms. The zero-order valence-electron chi connectivity index (χ0n) is 15.1. The van der Waals surface area contributed by atoms with Crippen LogP contribution in [0.1, 0.15) is 56.6 Å². The lowest BCUT2D eigenvalue weighted by Crippen LogP contribution is -2.31. The number of carbonyl (C=O) groups is 1. The summed E-state index contributed by atoms with van der Waals surface area (Å²) >= 11 is 0. The molecule has 0 saturated carbocycles. The summed E-state index contributed by atoms with van der Waals surface area (Å²) in [5.74, 6) is 1.58. The topological polar surface area (TPSA) is 29.5 Å². The molecule has 1 aromatic carbocycles. The van der Waals surface area contributed by atoms with Gasteiger partial charge in [0, 0.05) is 12.5 Å². The van der Waals surface area contributed by atoms with E-state index in [1.165, 1.54) is 43.5 Å². The lowest BCUT2D eigenvalue weighted by Gasteiger charge is -2.26. The van der Waals surface area contributed by atoms with Crippen LogP contribution in [0.2, 0.25) is 0 Å². The summed E-state index contributed by atoms with van der Waals surface area (Å²) in [5.41, 5.74) is 2.78. The van der Waals surface area contributed by atoms with Crippen molar-refractivity contribution in [1.82, 2.24) is 4.90 Å². The van der Waals surface area contributed by atoms with Gasteiger partial charge < -0.3 is 9.64 Å². The smallest absolute Gasteiger partial charge is 0.132 e. The average Bonchev–Trinajstić information content (AvgIpc) is 2.82. The standard InChI is InChI=1S/C21H31NO2/c1-17(23)18-6-8-19-10-11-21(16-20(19)9-7-18)24-15-5-14-22-12-3-2-4-13-22/h10-11,16,18H,2-9,12-15H2,1H3. The summed E-state index contributed by atoms with van der Waals surface area (Å²) in [6, 6.07) is 6.52. The summed E-state index contributed by atoms with van der Waals surface area (Å²) < 4.78 is 5.98. The van der Waals surface area contributed by atoms with Gasteiger partial charge in [-0.2, -0.15) is 0 Å². The van der Waals surface area contributed by atoms with Crippen molar-refractivity contribution in [1.29, 1.82) is 0 Å². The predicted molar refractivity (Wildman–Crippen MR) is 97.7 cm³/mol. The molecule has 1 aliphatic carbocycles. The monoisotopic (exact) mass is 329 g/mol. The second-order valence-corrected chi connectivity index (χ2v) is 7.42. The maximum atomic E-state index is 11.6. The third-order valence-corrected chi connectivity index (χ3v) is 5.61. The van der Waals surface area contributed by atoms with Crippen LogP contribution in [0.15, 0.2) is 18.2 Å². The molecule has 1 aliphatic heterocycles. The zero-order chi connectivity index (χ0) is 16.8. The first-order valence-electron chi connectivity index (χ1n) is 9.70. The molecule has 1 unspecified atom stereocenters. The molecule has 0 bridgehead atoms. The Labute approximate surface area is 146 Å². The molecular weight excluding hydrogens is 298 g/mol. The van der Waals surface area contributed by atoms with E-state index in [-0.39, 0.29) is 5.92 Å². The van der Waals surface area contributed by atoms with Crippen molar-refractivity contribution < 1.29 is 9.53 Å². The van der Waals surface area contributed by atoms with Gasteiger partial charge in [0.2, 0.25) is 0 Å². The van der Waals surface area contributed by atoms with E-state index >= 15 is 0 Å². The molecule has 24 heavy (non-hydrogen) atoms. The van der Waals surface area contributed by atoms with E-state index in [4.69, 9.17) is 4.74 Å². The van der Waals surface area contributed by atoms with E-state index in [0.717, 1.165) is 51.0 Å². The third kappa shape index (κ3) is 4.83. The fraction of sp³-hybridized carbons (Fsp3) is 0.667. The number of fused-ring (bicyclic) bond motifs is 1. The number of hydrogen-bond acceptors (Lipinski definition) is 3. The predicted octanol–water partition coefficient (Wildman–Crippen LogP) is 4.03. The van der Waals surface area contributed by atoms with E-state index < -0.39 is 0 Å². The van der Waals surface area contributed by atoms with Crippen LogP contribution in [0.3, 0.4) is 0 Å². The quantitative estimate of drug-likeness (QED) is 0.583. The minimum atomic E-state index is 0.242. The molecule has 0 N–H and O–H groups in total. The highest BCUT2D eigenvalue weighted by Gasteiger charge is 2.19. The average molecular weight is 329 g/mol. The Morgan fingerprint density at radius 2 is 1.88 bits per heavy atom. The summed E-state index contributed by atoms with van der Waals surface area (Å²) in [6.45, 7) is 6.21. The summed E-state index contributed by atoms with van der Waals surface area (Å²) in [4.78, 5) is 14.2. The maximum absolute atomic E-state index is 11.6. The largest absolute Gasteiger partial charge is 0.494 e. The van der Waals surface area contributed by atoms with Gasteiger partial charge in [0.05, 0.1) is 6.61 Å². The number of Topliss-reactive ketones (excluding diaryl/α,β-unsaturated/α-hetero) is 1. The van der Waals surface area contributed by atoms with Crippen LogP contribution in [0.5, 0.6) is 5.75 Å². The Bertz CT molecular complexity index is 549. The van der Waals surface area contributed by atoms with Crippen LogP contribution in [-0.2, 0) is 17.6 Å². The number of nitrogens with zero attached hydrogens (tertiary/aromatic N) is 1. The van der Waals surface area contributed by atoms with Crippen LogP contribution < -0.4 is 4.74 Å². The van der Waals surface area contributed by atoms with Crippen LogP contribution in [-0.4, -0.2) is 36.9 Å². The number of rotatable bonds is 6. The highest BCUT2D eigenvalue weighted by molar-refractivity contribution is 5.78. The van der Waals surface area contributed by atoms with Gasteiger partial charge in [-0.3, -0.25) is 4.79 Å². The highest BCUT2D eigenvalue weighted by atomic mass is 16.5.